The van der Waals surface area contributed by atoms with Crippen LogP contribution in [-0.2, 0) is 12.8 Å². The van der Waals surface area contributed by atoms with Gasteiger partial charge in [0.1, 0.15) is 12.0 Å². The maximum absolute atomic E-state index is 5.69. The number of para-hydroxylation sites is 2. The number of fused-ring (bicyclic) bond motifs is 11. The van der Waals surface area contributed by atoms with E-state index in [1.807, 2.05) is 0 Å². The van der Waals surface area contributed by atoms with Crippen LogP contribution in [-0.4, -0.2) is 16.2 Å². The number of hydrogen-bond donors (Lipinski definition) is 1. The number of allylic oxidation sites excluding steroid dienone is 8. The first-order valence-electron chi connectivity index (χ1n) is 25.4. The Labute approximate surface area is 408 Å². The second-order valence-electron chi connectivity index (χ2n) is 20.2. The van der Waals surface area contributed by atoms with Crippen LogP contribution in [0, 0.1) is 11.8 Å². The van der Waals surface area contributed by atoms with Gasteiger partial charge in [0.05, 0.1) is 16.7 Å². The summed E-state index contributed by atoms with van der Waals surface area (Å²) in [5.41, 5.74) is 20.4. The van der Waals surface area contributed by atoms with Crippen LogP contribution in [0.15, 0.2) is 214 Å². The van der Waals surface area contributed by atoms with Gasteiger partial charge in [-0.3, -0.25) is 0 Å². The van der Waals surface area contributed by atoms with E-state index in [0.29, 0.717) is 11.8 Å². The van der Waals surface area contributed by atoms with Crippen LogP contribution in [0.25, 0.3) is 50.4 Å². The zero-order valence-electron chi connectivity index (χ0n) is 39.0. The molecule has 8 aromatic rings. The first-order chi connectivity index (χ1) is 34.7. The zero-order chi connectivity index (χ0) is 45.9. The number of anilines is 2. The number of nitrogens with zero attached hydrogens (tertiary/aromatic N) is 4. The summed E-state index contributed by atoms with van der Waals surface area (Å²) in [6.45, 7) is 0. The van der Waals surface area contributed by atoms with Crippen molar-refractivity contribution in [1.29, 1.82) is 0 Å². The van der Waals surface area contributed by atoms with Crippen molar-refractivity contribution in [2.24, 2.45) is 21.8 Å². The molecule has 0 saturated carbocycles. The van der Waals surface area contributed by atoms with E-state index in [2.05, 4.69) is 209 Å². The first kappa shape index (κ1) is 39.9. The molecule has 4 unspecified atom stereocenters. The monoisotopic (exact) mass is 901 g/mol. The van der Waals surface area contributed by atoms with Crippen molar-refractivity contribution in [1.82, 2.24) is 9.88 Å². The molecule has 70 heavy (non-hydrogen) atoms. The summed E-state index contributed by atoms with van der Waals surface area (Å²) in [5.74, 6) is 2.78. The summed E-state index contributed by atoms with van der Waals surface area (Å²) in [4.78, 5) is 13.9. The topological polar surface area (TPSA) is 44.9 Å². The maximum atomic E-state index is 5.69. The van der Waals surface area contributed by atoms with Crippen molar-refractivity contribution in [2.45, 2.75) is 57.0 Å². The minimum atomic E-state index is -0.293. The number of aliphatic imine (C=N–C) groups is 2. The van der Waals surface area contributed by atoms with E-state index < -0.39 is 0 Å². The molecule has 336 valence electrons. The van der Waals surface area contributed by atoms with Gasteiger partial charge in [-0.25, -0.2) is 9.98 Å². The average Bonchev–Trinajstić information content (AvgIpc) is 3.92. The highest BCUT2D eigenvalue weighted by molar-refractivity contribution is 6.17. The molecule has 0 spiro atoms. The van der Waals surface area contributed by atoms with Gasteiger partial charge in [-0.05, 0) is 161 Å². The molecule has 15 rings (SSSR count). The number of aromatic nitrogens is 1. The third-order valence-corrected chi connectivity index (χ3v) is 16.3. The summed E-state index contributed by atoms with van der Waals surface area (Å²) < 4.78 is 2.48. The molecule has 3 heterocycles. The predicted octanol–water partition coefficient (Wildman–Crippen LogP) is 15.3. The predicted molar refractivity (Wildman–Crippen MR) is 290 cm³/mol. The Morgan fingerprint density at radius 3 is 2.40 bits per heavy atom. The molecular formula is C65H51N5. The first-order valence-corrected chi connectivity index (χ1v) is 25.4. The molecule has 5 aliphatic carbocycles. The molecule has 1 N–H and O–H groups in total. The molecule has 7 aliphatic rings. The number of nitrogens with one attached hydrogen (secondary N) is 1. The van der Waals surface area contributed by atoms with Gasteiger partial charge in [-0.2, -0.15) is 0 Å². The summed E-state index contributed by atoms with van der Waals surface area (Å²) in [6.07, 6.45) is 26.3. The second kappa shape index (κ2) is 15.8. The lowest BCUT2D eigenvalue weighted by molar-refractivity contribution is 0.470. The molecule has 7 aromatic carbocycles. The van der Waals surface area contributed by atoms with Gasteiger partial charge in [-0.15, -0.1) is 0 Å². The van der Waals surface area contributed by atoms with E-state index in [0.717, 1.165) is 73.4 Å². The van der Waals surface area contributed by atoms with Crippen LogP contribution in [0.4, 0.5) is 11.4 Å². The molecule has 0 radical (unpaired) electrons. The van der Waals surface area contributed by atoms with Crippen LogP contribution in [0.2, 0.25) is 0 Å². The molecule has 0 amide bonds. The molecule has 2 aliphatic heterocycles. The van der Waals surface area contributed by atoms with Crippen LogP contribution in [0.5, 0.6) is 0 Å². The standard InChI is InChI=1S/C65H51N5/c1-2-16-40(17-3-1)63-66-64(56-35-46-22-8-9-23-49(46)50-24-10-11-25-51(50)56)68-65(67-63)57-34-42-19-5-7-21-44(42)38-62(57)70-59-29-15-13-27-53(59)55-36-47-32-48(31-30-45(47)39-61(55)70)69-58-28-14-12-26-52(58)54-33-41-18-4-6-20-43(41)37-60(54)69/h1-6,9-10,12-20,23-24,26-35,37-39,46,49,55,63H,7-8,11,21-22,25,36H2,(H,66,67,68). The molecule has 0 bridgehead atoms. The molecule has 5 nitrogen and oxygen atoms in total. The summed E-state index contributed by atoms with van der Waals surface area (Å²) in [5, 5.41) is 9.00. The fraction of sp³-hybridized carbons (Fsp3) is 0.169. The SMILES string of the molecule is C1=CC2=C(CC1)C(C1=NC(c3cc4c(cc3N3C5=Cc6ccc(-n7c8ccccc8c8cc9ccccc9cc87)cc6CC5c5ccccc53)CCC=C4)=NC(c3ccccc3)N1)=CC1CCC=CC21. The van der Waals surface area contributed by atoms with Gasteiger partial charge in [-0.1, -0.05) is 140 Å². The molecule has 4 atom stereocenters. The maximum Gasteiger partial charge on any atom is 0.161 e. The fourth-order valence-corrected chi connectivity index (χ4v) is 13.0. The largest absolute Gasteiger partial charge is 0.344 e. The summed E-state index contributed by atoms with van der Waals surface area (Å²) >= 11 is 0. The van der Waals surface area contributed by atoms with Crippen LogP contribution in [0.1, 0.15) is 83.1 Å². The van der Waals surface area contributed by atoms with Gasteiger partial charge < -0.3 is 14.8 Å². The van der Waals surface area contributed by atoms with E-state index in [4.69, 9.17) is 9.98 Å². The third-order valence-electron chi connectivity index (χ3n) is 16.3. The van der Waals surface area contributed by atoms with E-state index in [-0.39, 0.29) is 12.1 Å². The normalized spacial score (nSPS) is 21.8. The van der Waals surface area contributed by atoms with Crippen LogP contribution >= 0.6 is 0 Å². The number of rotatable bonds is 5. The van der Waals surface area contributed by atoms with Crippen molar-refractivity contribution >= 4 is 67.8 Å². The number of benzene rings is 7. The zero-order valence-corrected chi connectivity index (χ0v) is 39.0. The van der Waals surface area contributed by atoms with E-state index in [1.165, 1.54) is 94.2 Å². The Morgan fingerprint density at radius 2 is 1.46 bits per heavy atom. The molecule has 5 heteroatoms. The van der Waals surface area contributed by atoms with Crippen LogP contribution < -0.4 is 10.2 Å². The fourth-order valence-electron chi connectivity index (χ4n) is 13.0. The van der Waals surface area contributed by atoms with Gasteiger partial charge >= 0.3 is 0 Å². The molecular weight excluding hydrogens is 851 g/mol. The smallest absolute Gasteiger partial charge is 0.161 e. The summed E-state index contributed by atoms with van der Waals surface area (Å²) in [7, 11) is 0. The van der Waals surface area contributed by atoms with Gasteiger partial charge in [0.15, 0.2) is 5.84 Å². The Bertz CT molecular complexity index is 3810. The Hall–Kier alpha value is -8.02. The van der Waals surface area contributed by atoms with Crippen LogP contribution in [0.3, 0.4) is 0 Å². The van der Waals surface area contributed by atoms with Gasteiger partial charge in [0, 0.05) is 50.8 Å². The molecule has 1 aromatic heterocycles. The Kier molecular flexibility index (Phi) is 8.99. The number of aryl methyl sites for hydroxylation is 1. The van der Waals surface area contributed by atoms with Crippen molar-refractivity contribution in [3.05, 3.63) is 243 Å². The lowest BCUT2D eigenvalue weighted by Gasteiger charge is -2.37. The van der Waals surface area contributed by atoms with Crippen molar-refractivity contribution in [2.75, 3.05) is 4.90 Å². The Balaban J connectivity index is 0.896. The highest BCUT2D eigenvalue weighted by Gasteiger charge is 2.40. The minimum absolute atomic E-state index is 0.186. The van der Waals surface area contributed by atoms with E-state index in [1.54, 1.807) is 0 Å². The third kappa shape index (κ3) is 6.23. The average molecular weight is 902 g/mol. The molecule has 0 saturated heterocycles. The lowest BCUT2D eigenvalue weighted by atomic mass is 9.69. The van der Waals surface area contributed by atoms with Gasteiger partial charge in [0.25, 0.3) is 0 Å². The van der Waals surface area contributed by atoms with Crippen molar-refractivity contribution in [3.8, 4) is 5.69 Å². The highest BCUT2D eigenvalue weighted by atomic mass is 15.2. The second-order valence-corrected chi connectivity index (χ2v) is 20.2. The van der Waals surface area contributed by atoms with E-state index >= 15 is 0 Å². The van der Waals surface area contributed by atoms with Gasteiger partial charge in [0.2, 0.25) is 0 Å². The van der Waals surface area contributed by atoms with E-state index in [9.17, 15) is 0 Å². The van der Waals surface area contributed by atoms with Crippen molar-refractivity contribution < 1.29 is 0 Å². The lowest BCUT2D eigenvalue weighted by Crippen LogP contribution is -2.37. The molecule has 0 fully saturated rings. The Morgan fingerprint density at radius 1 is 0.629 bits per heavy atom. The highest BCUT2D eigenvalue weighted by Crippen LogP contribution is 2.54. The quantitative estimate of drug-likeness (QED) is 0.175. The summed E-state index contributed by atoms with van der Waals surface area (Å²) in [6, 6.07) is 54.2. The minimum Gasteiger partial charge on any atom is -0.344 e. The number of hydrogen-bond acceptors (Lipinski definition) is 4. The van der Waals surface area contributed by atoms with Crippen molar-refractivity contribution in [3.63, 3.8) is 0 Å². The number of amidine groups is 2.